The van der Waals surface area contributed by atoms with E-state index in [1.54, 1.807) is 0 Å². The first-order chi connectivity index (χ1) is 7.56. The van der Waals surface area contributed by atoms with Gasteiger partial charge >= 0.3 is 0 Å². The minimum atomic E-state index is -0.618. The van der Waals surface area contributed by atoms with Crippen molar-refractivity contribution in [2.24, 2.45) is 0 Å². The standard InChI is InChI=1S/C10H11ClN2O3/c1-2-5-12-10(14)8-4-3-7(11)6-9(8)13(15)16/h3-4,6H,2,5H2,1H3,(H,12,14). The minimum Gasteiger partial charge on any atom is -0.352 e. The fourth-order valence-electron chi connectivity index (χ4n) is 1.18. The Morgan fingerprint density at radius 3 is 2.81 bits per heavy atom. The molecule has 0 bridgehead atoms. The lowest BCUT2D eigenvalue weighted by Gasteiger charge is -2.04. The average molecular weight is 243 g/mol. The van der Waals surface area contributed by atoms with Gasteiger partial charge in [0.15, 0.2) is 0 Å². The molecule has 0 atom stereocenters. The summed E-state index contributed by atoms with van der Waals surface area (Å²) in [6, 6.07) is 3.98. The predicted octanol–water partition coefficient (Wildman–Crippen LogP) is 2.39. The van der Waals surface area contributed by atoms with E-state index in [4.69, 9.17) is 11.6 Å². The van der Waals surface area contributed by atoms with Gasteiger partial charge in [0.1, 0.15) is 5.56 Å². The molecule has 0 heterocycles. The maximum absolute atomic E-state index is 11.6. The van der Waals surface area contributed by atoms with E-state index in [-0.39, 0.29) is 16.3 Å². The fourth-order valence-corrected chi connectivity index (χ4v) is 1.35. The summed E-state index contributed by atoms with van der Waals surface area (Å²) < 4.78 is 0. The van der Waals surface area contributed by atoms with Crippen molar-refractivity contribution in [1.29, 1.82) is 0 Å². The third-order valence-electron chi connectivity index (χ3n) is 1.94. The SMILES string of the molecule is CCCNC(=O)c1ccc(Cl)cc1[N+](=O)[O-]. The summed E-state index contributed by atoms with van der Waals surface area (Å²) in [5.41, 5.74) is -0.246. The summed E-state index contributed by atoms with van der Waals surface area (Å²) in [6.45, 7) is 2.38. The second-order valence-electron chi connectivity index (χ2n) is 3.17. The molecular formula is C10H11ClN2O3. The van der Waals surface area contributed by atoms with Crippen molar-refractivity contribution in [3.8, 4) is 0 Å². The molecule has 5 nitrogen and oxygen atoms in total. The summed E-state index contributed by atoms with van der Waals surface area (Å²) >= 11 is 5.63. The molecule has 0 aliphatic rings. The van der Waals surface area contributed by atoms with Crippen LogP contribution in [0.1, 0.15) is 23.7 Å². The first-order valence-corrected chi connectivity index (χ1v) is 5.16. The van der Waals surface area contributed by atoms with E-state index >= 15 is 0 Å². The van der Waals surface area contributed by atoms with E-state index < -0.39 is 10.8 Å². The van der Waals surface area contributed by atoms with Gasteiger partial charge in [0.25, 0.3) is 11.6 Å². The van der Waals surface area contributed by atoms with Crippen LogP contribution < -0.4 is 5.32 Å². The Balaban J connectivity index is 3.03. The molecule has 0 spiro atoms. The zero-order valence-corrected chi connectivity index (χ0v) is 9.45. The molecule has 0 saturated heterocycles. The Bertz CT molecular complexity index is 421. The lowest BCUT2D eigenvalue weighted by Crippen LogP contribution is -2.24. The summed E-state index contributed by atoms with van der Waals surface area (Å²) in [5.74, 6) is -0.454. The molecule has 0 fully saturated rings. The Morgan fingerprint density at radius 1 is 1.56 bits per heavy atom. The highest BCUT2D eigenvalue weighted by molar-refractivity contribution is 6.31. The van der Waals surface area contributed by atoms with Crippen LogP contribution >= 0.6 is 11.6 Å². The topological polar surface area (TPSA) is 72.2 Å². The maximum atomic E-state index is 11.6. The number of nitrogens with zero attached hydrogens (tertiary/aromatic N) is 1. The lowest BCUT2D eigenvalue weighted by molar-refractivity contribution is -0.385. The van der Waals surface area contributed by atoms with Gasteiger partial charge in [0, 0.05) is 17.6 Å². The number of nitrogens with one attached hydrogen (secondary N) is 1. The number of halogens is 1. The second kappa shape index (κ2) is 5.46. The number of amides is 1. The molecule has 16 heavy (non-hydrogen) atoms. The third kappa shape index (κ3) is 2.93. The average Bonchev–Trinajstić information content (AvgIpc) is 2.25. The number of hydrogen-bond donors (Lipinski definition) is 1. The van der Waals surface area contributed by atoms with Gasteiger partial charge in [-0.3, -0.25) is 14.9 Å². The molecule has 0 saturated carbocycles. The van der Waals surface area contributed by atoms with Crippen LogP contribution in [0.2, 0.25) is 5.02 Å². The smallest absolute Gasteiger partial charge is 0.283 e. The maximum Gasteiger partial charge on any atom is 0.283 e. The normalized spacial score (nSPS) is 9.88. The molecule has 0 aromatic heterocycles. The molecule has 0 aliphatic heterocycles. The number of rotatable bonds is 4. The summed E-state index contributed by atoms with van der Waals surface area (Å²) in [7, 11) is 0. The Morgan fingerprint density at radius 2 is 2.25 bits per heavy atom. The van der Waals surface area contributed by atoms with Crippen molar-refractivity contribution in [2.75, 3.05) is 6.54 Å². The largest absolute Gasteiger partial charge is 0.352 e. The molecule has 1 aromatic rings. The van der Waals surface area contributed by atoms with Crippen LogP contribution in [-0.4, -0.2) is 17.4 Å². The number of carbonyl (C=O) groups excluding carboxylic acids is 1. The predicted molar refractivity (Wildman–Crippen MR) is 60.7 cm³/mol. The van der Waals surface area contributed by atoms with Crippen LogP contribution in [0.25, 0.3) is 0 Å². The Labute approximate surface area is 97.6 Å². The Kier molecular flexibility index (Phi) is 4.25. The van der Waals surface area contributed by atoms with E-state index in [2.05, 4.69) is 5.32 Å². The number of carbonyl (C=O) groups is 1. The van der Waals surface area contributed by atoms with E-state index in [1.165, 1.54) is 18.2 Å². The Hall–Kier alpha value is -1.62. The van der Waals surface area contributed by atoms with Gasteiger partial charge in [-0.05, 0) is 18.6 Å². The molecule has 6 heteroatoms. The van der Waals surface area contributed by atoms with E-state index in [0.29, 0.717) is 6.54 Å². The molecule has 0 radical (unpaired) electrons. The van der Waals surface area contributed by atoms with Crippen LogP contribution in [-0.2, 0) is 0 Å². The molecule has 1 rings (SSSR count). The summed E-state index contributed by atoms with van der Waals surface area (Å²) in [5, 5.41) is 13.5. The van der Waals surface area contributed by atoms with Crippen molar-refractivity contribution in [3.05, 3.63) is 38.9 Å². The van der Waals surface area contributed by atoms with Crippen molar-refractivity contribution in [1.82, 2.24) is 5.32 Å². The van der Waals surface area contributed by atoms with E-state index in [0.717, 1.165) is 6.42 Å². The van der Waals surface area contributed by atoms with Gasteiger partial charge in [-0.1, -0.05) is 18.5 Å². The molecule has 1 N–H and O–H groups in total. The van der Waals surface area contributed by atoms with Crippen LogP contribution in [0.5, 0.6) is 0 Å². The zero-order valence-electron chi connectivity index (χ0n) is 8.70. The second-order valence-corrected chi connectivity index (χ2v) is 3.61. The van der Waals surface area contributed by atoms with E-state index in [1.807, 2.05) is 6.92 Å². The van der Waals surface area contributed by atoms with Gasteiger partial charge < -0.3 is 5.32 Å². The van der Waals surface area contributed by atoms with Gasteiger partial charge in [-0.15, -0.1) is 0 Å². The quantitative estimate of drug-likeness (QED) is 0.651. The van der Waals surface area contributed by atoms with Crippen molar-refractivity contribution in [3.63, 3.8) is 0 Å². The van der Waals surface area contributed by atoms with Gasteiger partial charge in [-0.25, -0.2) is 0 Å². The van der Waals surface area contributed by atoms with Gasteiger partial charge in [-0.2, -0.15) is 0 Å². The first-order valence-electron chi connectivity index (χ1n) is 4.78. The van der Waals surface area contributed by atoms with Crippen molar-refractivity contribution < 1.29 is 9.72 Å². The zero-order chi connectivity index (χ0) is 12.1. The third-order valence-corrected chi connectivity index (χ3v) is 2.17. The minimum absolute atomic E-state index is 0.0304. The highest BCUT2D eigenvalue weighted by Gasteiger charge is 2.19. The first kappa shape index (κ1) is 12.4. The van der Waals surface area contributed by atoms with Gasteiger partial charge in [0.05, 0.1) is 4.92 Å². The summed E-state index contributed by atoms with van der Waals surface area (Å²) in [6.07, 6.45) is 0.771. The number of nitro groups is 1. The van der Waals surface area contributed by atoms with E-state index in [9.17, 15) is 14.9 Å². The number of nitro benzene ring substituents is 1. The number of hydrogen-bond acceptors (Lipinski definition) is 3. The van der Waals surface area contributed by atoms with Crippen molar-refractivity contribution in [2.45, 2.75) is 13.3 Å². The fraction of sp³-hybridized carbons (Fsp3) is 0.300. The molecule has 0 aliphatic carbocycles. The van der Waals surface area contributed by atoms with Gasteiger partial charge in [0.2, 0.25) is 0 Å². The highest BCUT2D eigenvalue weighted by atomic mass is 35.5. The molecule has 1 amide bonds. The lowest BCUT2D eigenvalue weighted by atomic mass is 10.1. The van der Waals surface area contributed by atoms with Crippen LogP contribution in [0.15, 0.2) is 18.2 Å². The number of benzene rings is 1. The van der Waals surface area contributed by atoms with Crippen molar-refractivity contribution >= 4 is 23.2 Å². The summed E-state index contributed by atoms with van der Waals surface area (Å²) in [4.78, 5) is 21.7. The molecule has 1 aromatic carbocycles. The van der Waals surface area contributed by atoms with Crippen LogP contribution in [0.4, 0.5) is 5.69 Å². The molecule has 86 valence electrons. The van der Waals surface area contributed by atoms with Crippen LogP contribution in [0.3, 0.4) is 0 Å². The molecular weight excluding hydrogens is 232 g/mol. The van der Waals surface area contributed by atoms with Crippen LogP contribution in [0, 0.1) is 10.1 Å². The molecule has 0 unspecified atom stereocenters. The monoisotopic (exact) mass is 242 g/mol. The highest BCUT2D eigenvalue weighted by Crippen LogP contribution is 2.22.